The van der Waals surface area contributed by atoms with Crippen molar-refractivity contribution in [3.8, 4) is 11.5 Å². The Kier molecular flexibility index (Phi) is 8.00. The number of amides is 2. The molecule has 2 amide bonds. The van der Waals surface area contributed by atoms with Gasteiger partial charge < -0.3 is 19.7 Å². The normalized spacial score (nSPS) is 11.7. The molecule has 2 aromatic rings. The van der Waals surface area contributed by atoms with E-state index in [0.29, 0.717) is 17.1 Å². The highest BCUT2D eigenvalue weighted by Gasteiger charge is 2.27. The van der Waals surface area contributed by atoms with Gasteiger partial charge in [-0.05, 0) is 51.1 Å². The summed E-state index contributed by atoms with van der Waals surface area (Å²) < 4.78 is 24.8. The van der Waals surface area contributed by atoms with Gasteiger partial charge in [-0.25, -0.2) is 4.39 Å². The van der Waals surface area contributed by atoms with Crippen LogP contribution in [0.15, 0.2) is 48.5 Å². The molecule has 0 spiro atoms. The van der Waals surface area contributed by atoms with Crippen LogP contribution in [0, 0.1) is 5.82 Å². The van der Waals surface area contributed by atoms with E-state index in [1.54, 1.807) is 56.5 Å². The summed E-state index contributed by atoms with van der Waals surface area (Å²) in [6.07, 6.45) is 0. The molecule has 0 bridgehead atoms. The van der Waals surface area contributed by atoms with Crippen LogP contribution in [0.1, 0.15) is 26.3 Å². The van der Waals surface area contributed by atoms with E-state index in [1.807, 2.05) is 13.8 Å². The van der Waals surface area contributed by atoms with Gasteiger partial charge in [-0.1, -0.05) is 18.2 Å². The minimum atomic E-state index is -0.788. The van der Waals surface area contributed by atoms with E-state index in [1.165, 1.54) is 11.0 Å². The smallest absolute Gasteiger partial charge is 0.261 e. The summed E-state index contributed by atoms with van der Waals surface area (Å²) in [5.74, 6) is -0.00411. The average Bonchev–Trinajstić information content (AvgIpc) is 2.70. The summed E-state index contributed by atoms with van der Waals surface area (Å²) in [4.78, 5) is 26.6. The van der Waals surface area contributed by atoms with Crippen molar-refractivity contribution in [2.45, 2.75) is 39.4 Å². The number of hydrogen-bond acceptors (Lipinski definition) is 4. The lowest BCUT2D eigenvalue weighted by molar-refractivity contribution is -0.142. The molecule has 0 aromatic heterocycles. The predicted octanol–water partition coefficient (Wildman–Crippen LogP) is 3.16. The molecule has 0 aliphatic rings. The average molecular weight is 402 g/mol. The van der Waals surface area contributed by atoms with E-state index in [0.717, 1.165) is 0 Å². The molecule has 0 fully saturated rings. The fourth-order valence-electron chi connectivity index (χ4n) is 2.70. The Balaban J connectivity index is 2.14. The Morgan fingerprint density at radius 2 is 1.66 bits per heavy atom. The van der Waals surface area contributed by atoms with E-state index >= 15 is 0 Å². The van der Waals surface area contributed by atoms with E-state index in [-0.39, 0.29) is 25.1 Å². The first kappa shape index (κ1) is 22.2. The van der Waals surface area contributed by atoms with Crippen molar-refractivity contribution in [1.29, 1.82) is 0 Å². The summed E-state index contributed by atoms with van der Waals surface area (Å²) in [6.45, 7) is 4.97. The number of rotatable bonds is 9. The minimum absolute atomic E-state index is 0.0375. The number of nitrogens with one attached hydrogen (secondary N) is 1. The molecule has 6 nitrogen and oxygen atoms in total. The van der Waals surface area contributed by atoms with Gasteiger partial charge in [0.15, 0.2) is 6.61 Å². The van der Waals surface area contributed by atoms with Gasteiger partial charge in [0.25, 0.3) is 5.91 Å². The molecule has 0 heterocycles. The number of carbonyl (C=O) groups excluding carboxylic acids is 2. The second-order valence-electron chi connectivity index (χ2n) is 6.92. The third-order valence-corrected chi connectivity index (χ3v) is 4.32. The van der Waals surface area contributed by atoms with E-state index in [2.05, 4.69) is 5.32 Å². The van der Waals surface area contributed by atoms with Gasteiger partial charge in [0, 0.05) is 18.2 Å². The highest BCUT2D eigenvalue weighted by molar-refractivity contribution is 5.88. The summed E-state index contributed by atoms with van der Waals surface area (Å²) in [5.41, 5.74) is 0.328. The van der Waals surface area contributed by atoms with Crippen molar-refractivity contribution in [2.75, 3.05) is 13.7 Å². The van der Waals surface area contributed by atoms with Crippen LogP contribution >= 0.6 is 0 Å². The van der Waals surface area contributed by atoms with Crippen LogP contribution in [-0.2, 0) is 16.1 Å². The van der Waals surface area contributed by atoms with Crippen LogP contribution in [0.2, 0.25) is 0 Å². The van der Waals surface area contributed by atoms with E-state index < -0.39 is 17.8 Å². The minimum Gasteiger partial charge on any atom is -0.497 e. The molecule has 7 heteroatoms. The zero-order valence-corrected chi connectivity index (χ0v) is 17.1. The van der Waals surface area contributed by atoms with Gasteiger partial charge in [-0.3, -0.25) is 9.59 Å². The fourth-order valence-corrected chi connectivity index (χ4v) is 2.70. The topological polar surface area (TPSA) is 67.9 Å². The molecule has 1 unspecified atom stereocenters. The summed E-state index contributed by atoms with van der Waals surface area (Å²) in [6, 6.07) is 12.1. The zero-order chi connectivity index (χ0) is 21.4. The number of carbonyl (C=O) groups is 2. The van der Waals surface area contributed by atoms with Crippen LogP contribution in [0.5, 0.6) is 11.5 Å². The Bertz CT molecular complexity index is 824. The zero-order valence-electron chi connectivity index (χ0n) is 17.1. The van der Waals surface area contributed by atoms with Crippen LogP contribution in [0.3, 0.4) is 0 Å². The number of hydrogen-bond donors (Lipinski definition) is 1. The summed E-state index contributed by atoms with van der Waals surface area (Å²) >= 11 is 0. The number of benzene rings is 2. The van der Waals surface area contributed by atoms with Crippen molar-refractivity contribution >= 4 is 11.8 Å². The quantitative estimate of drug-likeness (QED) is 0.700. The number of ether oxygens (including phenoxy) is 2. The van der Waals surface area contributed by atoms with Crippen LogP contribution in [0.4, 0.5) is 4.39 Å². The summed E-state index contributed by atoms with van der Waals surface area (Å²) in [5, 5.41) is 2.78. The lowest BCUT2D eigenvalue weighted by Gasteiger charge is -2.29. The van der Waals surface area contributed by atoms with Gasteiger partial charge in [0.05, 0.1) is 7.11 Å². The Morgan fingerprint density at radius 1 is 1.03 bits per heavy atom. The maximum atomic E-state index is 14.1. The molecule has 29 heavy (non-hydrogen) atoms. The Hall–Kier alpha value is -3.09. The van der Waals surface area contributed by atoms with Crippen molar-refractivity contribution in [3.63, 3.8) is 0 Å². The third-order valence-electron chi connectivity index (χ3n) is 4.32. The van der Waals surface area contributed by atoms with Gasteiger partial charge in [-0.15, -0.1) is 0 Å². The standard InChI is InChI=1S/C22H27FN2O4/c1-15(2)24-22(27)16(3)25(13-17-7-5-6-8-20(17)23)21(26)14-29-19-11-9-18(28-4)10-12-19/h5-12,15-16H,13-14H2,1-4H3,(H,24,27). The second-order valence-corrected chi connectivity index (χ2v) is 6.92. The predicted molar refractivity (Wildman–Crippen MR) is 108 cm³/mol. The Morgan fingerprint density at radius 3 is 2.24 bits per heavy atom. The fraction of sp³-hybridized carbons (Fsp3) is 0.364. The molecule has 2 aromatic carbocycles. The molecule has 0 saturated heterocycles. The molecule has 156 valence electrons. The van der Waals surface area contributed by atoms with Gasteiger partial charge in [-0.2, -0.15) is 0 Å². The van der Waals surface area contributed by atoms with Gasteiger partial charge in [0.2, 0.25) is 5.91 Å². The largest absolute Gasteiger partial charge is 0.497 e. The van der Waals surface area contributed by atoms with Crippen molar-refractivity contribution in [3.05, 3.63) is 59.9 Å². The second kappa shape index (κ2) is 10.5. The molecule has 0 aliphatic heterocycles. The molecular weight excluding hydrogens is 375 g/mol. The van der Waals surface area contributed by atoms with E-state index in [4.69, 9.17) is 9.47 Å². The summed E-state index contributed by atoms with van der Waals surface area (Å²) in [7, 11) is 1.56. The van der Waals surface area contributed by atoms with Gasteiger partial charge in [0.1, 0.15) is 23.4 Å². The van der Waals surface area contributed by atoms with Crippen LogP contribution < -0.4 is 14.8 Å². The number of halogens is 1. The van der Waals surface area contributed by atoms with Crippen molar-refractivity contribution < 1.29 is 23.5 Å². The maximum absolute atomic E-state index is 14.1. The van der Waals surface area contributed by atoms with E-state index in [9.17, 15) is 14.0 Å². The first-order valence-corrected chi connectivity index (χ1v) is 9.42. The van der Waals surface area contributed by atoms with Crippen molar-refractivity contribution in [1.82, 2.24) is 10.2 Å². The van der Waals surface area contributed by atoms with Crippen molar-refractivity contribution in [2.24, 2.45) is 0 Å². The number of methoxy groups -OCH3 is 1. The first-order valence-electron chi connectivity index (χ1n) is 9.42. The maximum Gasteiger partial charge on any atom is 0.261 e. The SMILES string of the molecule is COc1ccc(OCC(=O)N(Cc2ccccc2F)C(C)C(=O)NC(C)C)cc1. The third kappa shape index (κ3) is 6.48. The molecule has 0 saturated carbocycles. The molecule has 0 radical (unpaired) electrons. The Labute approximate surface area is 170 Å². The highest BCUT2D eigenvalue weighted by Crippen LogP contribution is 2.18. The molecule has 0 aliphatic carbocycles. The number of nitrogens with zero attached hydrogens (tertiary/aromatic N) is 1. The van der Waals surface area contributed by atoms with Crippen LogP contribution in [0.25, 0.3) is 0 Å². The molecule has 1 N–H and O–H groups in total. The lowest BCUT2D eigenvalue weighted by atomic mass is 10.1. The van der Waals surface area contributed by atoms with Crippen LogP contribution in [-0.4, -0.2) is 42.5 Å². The first-order chi connectivity index (χ1) is 13.8. The molecular formula is C22H27FN2O4. The lowest BCUT2D eigenvalue weighted by Crippen LogP contribution is -2.50. The highest BCUT2D eigenvalue weighted by atomic mass is 19.1. The monoisotopic (exact) mass is 402 g/mol. The molecule has 2 rings (SSSR count). The van der Waals surface area contributed by atoms with Gasteiger partial charge >= 0.3 is 0 Å². The molecule has 1 atom stereocenters.